The molecule has 1 heterocycles. The molecule has 2 rings (SSSR count). The van der Waals surface area contributed by atoms with Gasteiger partial charge in [0, 0.05) is 32.7 Å². The van der Waals surface area contributed by atoms with Crippen molar-refractivity contribution in [2.45, 2.75) is 20.0 Å². The maximum Gasteiger partial charge on any atom is 0.251 e. The molecule has 0 radical (unpaired) electrons. The first-order chi connectivity index (χ1) is 12.2. The van der Waals surface area contributed by atoms with Crippen LogP contribution in [0.2, 0.25) is 0 Å². The molecule has 0 aliphatic carbocycles. The zero-order valence-electron chi connectivity index (χ0n) is 14.5. The summed E-state index contributed by atoms with van der Waals surface area (Å²) in [5.74, 6) is 1.48. The van der Waals surface area contributed by atoms with Crippen molar-refractivity contribution in [1.82, 2.24) is 15.5 Å². The van der Waals surface area contributed by atoms with E-state index in [1.165, 1.54) is 0 Å². The summed E-state index contributed by atoms with van der Waals surface area (Å²) < 4.78 is 20.6. The Morgan fingerprint density at radius 2 is 2.00 bits per heavy atom. The van der Waals surface area contributed by atoms with Gasteiger partial charge in [0.25, 0.3) is 5.91 Å². The summed E-state index contributed by atoms with van der Waals surface area (Å²) in [6, 6.07) is 6.88. The van der Waals surface area contributed by atoms with Gasteiger partial charge in [-0.25, -0.2) is 0 Å². The van der Waals surface area contributed by atoms with E-state index in [4.69, 9.17) is 18.7 Å². The molecular formula is C17H23N3O5. The van der Waals surface area contributed by atoms with E-state index in [0.717, 1.165) is 6.42 Å². The number of aromatic nitrogens is 2. The summed E-state index contributed by atoms with van der Waals surface area (Å²) >= 11 is 0. The average Bonchev–Trinajstić information content (AvgIpc) is 3.05. The molecule has 0 atom stereocenters. The first kappa shape index (κ1) is 18.9. The van der Waals surface area contributed by atoms with Gasteiger partial charge in [0.15, 0.2) is 6.61 Å². The third kappa shape index (κ3) is 6.90. The van der Waals surface area contributed by atoms with Gasteiger partial charge >= 0.3 is 0 Å². The number of rotatable bonds is 11. The second kappa shape index (κ2) is 10.4. The lowest BCUT2D eigenvalue weighted by Crippen LogP contribution is -2.25. The van der Waals surface area contributed by atoms with Crippen molar-refractivity contribution in [3.8, 4) is 5.75 Å². The minimum absolute atomic E-state index is 0.128. The van der Waals surface area contributed by atoms with Crippen molar-refractivity contribution in [3.05, 3.63) is 41.5 Å². The molecule has 1 N–H and O–H groups in total. The lowest BCUT2D eigenvalue weighted by atomic mass is 10.2. The van der Waals surface area contributed by atoms with Gasteiger partial charge < -0.3 is 24.1 Å². The van der Waals surface area contributed by atoms with Crippen LogP contribution < -0.4 is 10.1 Å². The molecule has 0 spiro atoms. The quantitative estimate of drug-likeness (QED) is 0.617. The predicted octanol–water partition coefficient (Wildman–Crippen LogP) is 1.74. The molecule has 2 aromatic rings. The van der Waals surface area contributed by atoms with E-state index in [1.54, 1.807) is 38.3 Å². The number of aryl methyl sites for hydroxylation is 1. The molecule has 25 heavy (non-hydrogen) atoms. The maximum absolute atomic E-state index is 12.0. The molecule has 1 amide bonds. The number of hydrogen-bond acceptors (Lipinski definition) is 7. The molecule has 0 saturated carbocycles. The molecule has 0 aliphatic rings. The van der Waals surface area contributed by atoms with Crippen molar-refractivity contribution < 1.29 is 23.5 Å². The predicted molar refractivity (Wildman–Crippen MR) is 89.5 cm³/mol. The lowest BCUT2D eigenvalue weighted by Gasteiger charge is -2.07. The van der Waals surface area contributed by atoms with Gasteiger partial charge in [-0.15, -0.1) is 0 Å². The van der Waals surface area contributed by atoms with Gasteiger partial charge in [-0.2, -0.15) is 4.98 Å². The summed E-state index contributed by atoms with van der Waals surface area (Å²) in [5.41, 5.74) is 0.572. The van der Waals surface area contributed by atoms with Crippen LogP contribution in [0.3, 0.4) is 0 Å². The van der Waals surface area contributed by atoms with Gasteiger partial charge in [-0.05, 0) is 30.7 Å². The number of carbonyl (C=O) groups is 1. The average molecular weight is 349 g/mol. The Kier molecular flexibility index (Phi) is 7.87. The Morgan fingerprint density at radius 3 is 2.68 bits per heavy atom. The van der Waals surface area contributed by atoms with E-state index in [-0.39, 0.29) is 12.5 Å². The largest absolute Gasteiger partial charge is 0.485 e. The highest BCUT2D eigenvalue weighted by atomic mass is 16.5. The number of carbonyl (C=O) groups excluding carboxylic acids is 1. The van der Waals surface area contributed by atoms with Crippen LogP contribution in [-0.4, -0.2) is 49.5 Å². The summed E-state index contributed by atoms with van der Waals surface area (Å²) in [4.78, 5) is 16.1. The number of hydrogen-bond donors (Lipinski definition) is 1. The van der Waals surface area contributed by atoms with Crippen molar-refractivity contribution in [3.63, 3.8) is 0 Å². The lowest BCUT2D eigenvalue weighted by molar-refractivity contribution is 0.0688. The third-order valence-electron chi connectivity index (χ3n) is 3.24. The number of amides is 1. The van der Waals surface area contributed by atoms with Crippen molar-refractivity contribution >= 4 is 5.91 Å². The van der Waals surface area contributed by atoms with Crippen LogP contribution in [0.4, 0.5) is 0 Å². The summed E-state index contributed by atoms with van der Waals surface area (Å²) in [7, 11) is 1.63. The topological polar surface area (TPSA) is 95.7 Å². The van der Waals surface area contributed by atoms with Crippen LogP contribution in [0.1, 0.15) is 28.5 Å². The zero-order valence-corrected chi connectivity index (χ0v) is 14.5. The molecule has 0 aliphatic heterocycles. The van der Waals surface area contributed by atoms with E-state index < -0.39 is 0 Å². The van der Waals surface area contributed by atoms with Crippen molar-refractivity contribution in [2.75, 3.05) is 33.5 Å². The summed E-state index contributed by atoms with van der Waals surface area (Å²) in [6.45, 7) is 4.22. The molecule has 0 unspecified atom stereocenters. The Bertz CT molecular complexity index is 642. The fourth-order valence-corrected chi connectivity index (χ4v) is 1.97. The van der Waals surface area contributed by atoms with Crippen LogP contribution in [0.25, 0.3) is 0 Å². The second-order valence-corrected chi connectivity index (χ2v) is 5.26. The van der Waals surface area contributed by atoms with E-state index >= 15 is 0 Å². The monoisotopic (exact) mass is 349 g/mol. The minimum atomic E-state index is -0.128. The standard InChI is InChI=1S/C17H23N3O5/c1-13-19-16(20-25-13)12-24-15-6-4-14(5-7-15)17(21)18-8-3-9-23-11-10-22-2/h4-7H,3,8-12H2,1-2H3,(H,18,21). The fraction of sp³-hybridized carbons (Fsp3) is 0.471. The molecule has 1 aromatic carbocycles. The van der Waals surface area contributed by atoms with Gasteiger partial charge in [0.1, 0.15) is 5.75 Å². The molecule has 0 saturated heterocycles. The molecule has 8 heteroatoms. The fourth-order valence-electron chi connectivity index (χ4n) is 1.97. The van der Waals surface area contributed by atoms with Crippen LogP contribution in [0, 0.1) is 6.92 Å². The smallest absolute Gasteiger partial charge is 0.251 e. The molecule has 8 nitrogen and oxygen atoms in total. The van der Waals surface area contributed by atoms with Crippen LogP contribution >= 0.6 is 0 Å². The van der Waals surface area contributed by atoms with Gasteiger partial charge in [-0.3, -0.25) is 4.79 Å². The third-order valence-corrected chi connectivity index (χ3v) is 3.24. The Labute approximate surface area is 146 Å². The van der Waals surface area contributed by atoms with Gasteiger partial charge in [0.05, 0.1) is 13.2 Å². The highest BCUT2D eigenvalue weighted by Gasteiger charge is 2.06. The van der Waals surface area contributed by atoms with Gasteiger partial charge in [-0.1, -0.05) is 5.16 Å². The molecule has 1 aromatic heterocycles. The molecule has 136 valence electrons. The van der Waals surface area contributed by atoms with Crippen LogP contribution in [-0.2, 0) is 16.1 Å². The number of methoxy groups -OCH3 is 1. The molecule has 0 bridgehead atoms. The van der Waals surface area contributed by atoms with Crippen LogP contribution in [0.5, 0.6) is 5.75 Å². The Hall–Kier alpha value is -2.45. The zero-order chi connectivity index (χ0) is 17.9. The van der Waals surface area contributed by atoms with E-state index in [0.29, 0.717) is 49.4 Å². The Morgan fingerprint density at radius 1 is 1.20 bits per heavy atom. The normalized spacial score (nSPS) is 10.6. The van der Waals surface area contributed by atoms with Crippen molar-refractivity contribution in [2.24, 2.45) is 0 Å². The SMILES string of the molecule is COCCOCCCNC(=O)c1ccc(OCc2noc(C)n2)cc1. The van der Waals surface area contributed by atoms with Crippen molar-refractivity contribution in [1.29, 1.82) is 0 Å². The Balaban J connectivity index is 1.67. The minimum Gasteiger partial charge on any atom is -0.485 e. The first-order valence-electron chi connectivity index (χ1n) is 8.06. The first-order valence-corrected chi connectivity index (χ1v) is 8.06. The molecular weight excluding hydrogens is 326 g/mol. The number of ether oxygens (including phenoxy) is 3. The van der Waals surface area contributed by atoms with E-state index in [2.05, 4.69) is 15.5 Å². The van der Waals surface area contributed by atoms with E-state index in [1.807, 2.05) is 0 Å². The highest BCUT2D eigenvalue weighted by molar-refractivity contribution is 5.94. The number of benzene rings is 1. The highest BCUT2D eigenvalue weighted by Crippen LogP contribution is 2.13. The van der Waals surface area contributed by atoms with Crippen LogP contribution in [0.15, 0.2) is 28.8 Å². The van der Waals surface area contributed by atoms with Gasteiger partial charge in [0.2, 0.25) is 11.7 Å². The number of nitrogens with zero attached hydrogens (tertiary/aromatic N) is 2. The second-order valence-electron chi connectivity index (χ2n) is 5.26. The maximum atomic E-state index is 12.0. The van der Waals surface area contributed by atoms with E-state index in [9.17, 15) is 4.79 Å². The molecule has 0 fully saturated rings. The summed E-state index contributed by atoms with van der Waals surface area (Å²) in [6.07, 6.45) is 0.751. The summed E-state index contributed by atoms with van der Waals surface area (Å²) in [5, 5.41) is 6.60. The number of nitrogens with one attached hydrogen (secondary N) is 1.